The van der Waals surface area contributed by atoms with Gasteiger partial charge in [-0.2, -0.15) is 0 Å². The van der Waals surface area contributed by atoms with Gasteiger partial charge in [0.15, 0.2) is 28.3 Å². The van der Waals surface area contributed by atoms with E-state index in [4.69, 9.17) is 13.9 Å². The van der Waals surface area contributed by atoms with Gasteiger partial charge in [0.1, 0.15) is 12.2 Å². The van der Waals surface area contributed by atoms with Gasteiger partial charge in [-0.25, -0.2) is 4.79 Å². The number of para-hydroxylation sites is 1. The number of fused-ring (bicyclic) bond motifs is 1. The fraction of sp³-hybridized carbons (Fsp3) is 0.621. The number of rotatable bonds is 8. The number of hydrogen-bond acceptors (Lipinski definition) is 7. The number of amides is 1. The van der Waals surface area contributed by atoms with E-state index >= 15 is 0 Å². The molecule has 0 atom stereocenters. The second-order valence-corrected chi connectivity index (χ2v) is 11.2. The number of hydrogen-bond donors (Lipinski definition) is 0. The van der Waals surface area contributed by atoms with Crippen molar-refractivity contribution in [3.8, 4) is 5.75 Å². The zero-order valence-electron chi connectivity index (χ0n) is 22.4. The van der Waals surface area contributed by atoms with E-state index in [0.29, 0.717) is 55.3 Å². The molecule has 0 N–H and O–H groups in total. The minimum absolute atomic E-state index is 0.114. The molecule has 2 aromatic rings. The number of carbonyl (C=O) groups excluding carboxylic acids is 2. The highest BCUT2D eigenvalue weighted by Gasteiger charge is 2.26. The highest BCUT2D eigenvalue weighted by Crippen LogP contribution is 2.29. The molecule has 2 heterocycles. The summed E-state index contributed by atoms with van der Waals surface area (Å²) in [5, 5.41) is 0.410. The molecule has 0 radical (unpaired) electrons. The molecule has 4 rings (SSSR count). The third-order valence-electron chi connectivity index (χ3n) is 7.19. The fourth-order valence-electron chi connectivity index (χ4n) is 5.10. The smallest absolute Gasteiger partial charge is 0.410 e. The van der Waals surface area contributed by atoms with Gasteiger partial charge in [-0.15, -0.1) is 0 Å². The Labute approximate surface area is 218 Å². The minimum atomic E-state index is -0.505. The summed E-state index contributed by atoms with van der Waals surface area (Å²) in [6.45, 7) is 9.32. The third-order valence-corrected chi connectivity index (χ3v) is 7.19. The Kier molecular flexibility index (Phi) is 8.90. The van der Waals surface area contributed by atoms with Crippen molar-refractivity contribution in [1.29, 1.82) is 0 Å². The van der Waals surface area contributed by atoms with Gasteiger partial charge in [-0.1, -0.05) is 38.2 Å². The van der Waals surface area contributed by atoms with Gasteiger partial charge in [0, 0.05) is 45.2 Å². The van der Waals surface area contributed by atoms with Crippen LogP contribution in [-0.4, -0.2) is 66.6 Å². The van der Waals surface area contributed by atoms with Crippen molar-refractivity contribution < 1.29 is 23.5 Å². The van der Waals surface area contributed by atoms with Crippen LogP contribution in [0, 0.1) is 5.92 Å². The van der Waals surface area contributed by atoms with E-state index in [1.807, 2.05) is 20.8 Å². The number of nitrogens with zero attached hydrogens (tertiary/aromatic N) is 2. The molecule has 1 saturated carbocycles. The molecule has 37 heavy (non-hydrogen) atoms. The first-order valence-electron chi connectivity index (χ1n) is 13.6. The van der Waals surface area contributed by atoms with Crippen molar-refractivity contribution in [2.45, 2.75) is 71.3 Å². The molecule has 1 saturated heterocycles. The van der Waals surface area contributed by atoms with E-state index in [-0.39, 0.29) is 23.1 Å². The van der Waals surface area contributed by atoms with Crippen molar-refractivity contribution >= 4 is 22.8 Å². The van der Waals surface area contributed by atoms with E-state index in [2.05, 4.69) is 4.90 Å². The Bertz CT molecular complexity index is 1140. The summed E-state index contributed by atoms with van der Waals surface area (Å²) in [5.74, 6) is 1.04. The average molecular weight is 513 g/mol. The highest BCUT2D eigenvalue weighted by molar-refractivity contribution is 5.95. The lowest BCUT2D eigenvalue weighted by atomic mass is 9.85. The molecule has 8 heteroatoms. The summed E-state index contributed by atoms with van der Waals surface area (Å²) in [7, 11) is 0. The standard InChI is InChI=1S/C29H40N2O6/c1-29(2,3)37-28(34)31-16-14-30(15-17-31)18-19-35-25-11-7-10-22-24(33)20-26(36-27(22)25)23(32)13-12-21-8-5-4-6-9-21/h7,10-11,20-21H,4-6,8-9,12-19H2,1-3H3. The van der Waals surface area contributed by atoms with Crippen molar-refractivity contribution in [2.24, 2.45) is 5.92 Å². The van der Waals surface area contributed by atoms with Crippen LogP contribution in [0.2, 0.25) is 0 Å². The molecule has 2 fully saturated rings. The Morgan fingerprint density at radius 2 is 1.78 bits per heavy atom. The van der Waals surface area contributed by atoms with Crippen LogP contribution < -0.4 is 10.2 Å². The second-order valence-electron chi connectivity index (χ2n) is 11.2. The summed E-state index contributed by atoms with van der Waals surface area (Å²) in [4.78, 5) is 41.8. The van der Waals surface area contributed by atoms with Gasteiger partial charge in [0.2, 0.25) is 0 Å². The summed E-state index contributed by atoms with van der Waals surface area (Å²) in [5.41, 5.74) is -0.410. The Morgan fingerprint density at radius 3 is 2.49 bits per heavy atom. The van der Waals surface area contributed by atoms with Gasteiger partial charge in [0.25, 0.3) is 0 Å². The van der Waals surface area contributed by atoms with Crippen molar-refractivity contribution in [3.05, 3.63) is 40.2 Å². The van der Waals surface area contributed by atoms with Crippen LogP contribution in [0.25, 0.3) is 11.0 Å². The number of Topliss-reactive ketones (excluding diaryl/α,β-unsaturated/α-hetero) is 1. The first kappa shape index (κ1) is 27.2. The maximum Gasteiger partial charge on any atom is 0.410 e. The monoisotopic (exact) mass is 512 g/mol. The summed E-state index contributed by atoms with van der Waals surface area (Å²) in [6, 6.07) is 6.54. The maximum absolute atomic E-state index is 12.8. The Balaban J connectivity index is 1.32. The molecule has 202 valence electrons. The van der Waals surface area contributed by atoms with E-state index in [9.17, 15) is 14.4 Å². The molecule has 1 aliphatic carbocycles. The van der Waals surface area contributed by atoms with Crippen LogP contribution in [-0.2, 0) is 4.74 Å². The number of ketones is 1. The first-order chi connectivity index (χ1) is 17.7. The van der Waals surface area contributed by atoms with E-state index in [0.717, 1.165) is 19.5 Å². The maximum atomic E-state index is 12.8. The third kappa shape index (κ3) is 7.57. The molecule has 2 aliphatic rings. The van der Waals surface area contributed by atoms with Crippen molar-refractivity contribution in [2.75, 3.05) is 39.3 Å². The molecule has 1 aromatic heterocycles. The molecule has 1 amide bonds. The number of benzene rings is 1. The van der Waals surface area contributed by atoms with Crippen LogP contribution in [0.15, 0.2) is 33.5 Å². The molecule has 8 nitrogen and oxygen atoms in total. The summed E-state index contributed by atoms with van der Waals surface area (Å²) >= 11 is 0. The summed E-state index contributed by atoms with van der Waals surface area (Å²) < 4.78 is 17.4. The second kappa shape index (κ2) is 12.1. The lowest BCUT2D eigenvalue weighted by Crippen LogP contribution is -2.50. The quantitative estimate of drug-likeness (QED) is 0.445. The number of piperazine rings is 1. The highest BCUT2D eigenvalue weighted by atomic mass is 16.6. The van der Waals surface area contributed by atoms with Crippen LogP contribution >= 0.6 is 0 Å². The van der Waals surface area contributed by atoms with Gasteiger partial charge in [0.05, 0.1) is 5.39 Å². The largest absolute Gasteiger partial charge is 0.488 e. The number of ether oxygens (including phenoxy) is 2. The van der Waals surface area contributed by atoms with Gasteiger partial charge < -0.3 is 18.8 Å². The molecule has 0 bridgehead atoms. The Hall–Kier alpha value is -2.87. The first-order valence-corrected chi connectivity index (χ1v) is 13.6. The molecular weight excluding hydrogens is 472 g/mol. The van der Waals surface area contributed by atoms with Crippen LogP contribution in [0.4, 0.5) is 4.79 Å². The van der Waals surface area contributed by atoms with Crippen LogP contribution in [0.5, 0.6) is 5.75 Å². The molecular formula is C29H40N2O6. The fourth-order valence-corrected chi connectivity index (χ4v) is 5.10. The molecule has 1 aliphatic heterocycles. The van der Waals surface area contributed by atoms with Crippen molar-refractivity contribution in [3.63, 3.8) is 0 Å². The van der Waals surface area contributed by atoms with Crippen LogP contribution in [0.3, 0.4) is 0 Å². The van der Waals surface area contributed by atoms with Gasteiger partial charge in [-0.3, -0.25) is 14.5 Å². The number of carbonyl (C=O) groups is 2. The molecule has 0 spiro atoms. The lowest BCUT2D eigenvalue weighted by molar-refractivity contribution is 0.0137. The average Bonchev–Trinajstić information content (AvgIpc) is 2.87. The molecule has 0 unspecified atom stereocenters. The zero-order valence-corrected chi connectivity index (χ0v) is 22.4. The topological polar surface area (TPSA) is 89.3 Å². The van der Waals surface area contributed by atoms with Crippen molar-refractivity contribution in [1.82, 2.24) is 9.80 Å². The van der Waals surface area contributed by atoms with E-state index < -0.39 is 5.60 Å². The zero-order chi connectivity index (χ0) is 26.4. The molecule has 1 aromatic carbocycles. The van der Waals surface area contributed by atoms with Crippen LogP contribution in [0.1, 0.15) is 76.3 Å². The minimum Gasteiger partial charge on any atom is -0.488 e. The predicted molar refractivity (Wildman–Crippen MR) is 142 cm³/mol. The predicted octanol–water partition coefficient (Wildman–Crippen LogP) is 5.27. The Morgan fingerprint density at radius 1 is 1.05 bits per heavy atom. The van der Waals surface area contributed by atoms with Gasteiger partial charge >= 0.3 is 6.09 Å². The van der Waals surface area contributed by atoms with E-state index in [1.54, 1.807) is 23.1 Å². The lowest BCUT2D eigenvalue weighted by Gasteiger charge is -2.35. The van der Waals surface area contributed by atoms with Gasteiger partial charge in [-0.05, 0) is 45.2 Å². The normalized spacial score (nSPS) is 17.6. The summed E-state index contributed by atoms with van der Waals surface area (Å²) in [6.07, 6.45) is 7.10. The van der Waals surface area contributed by atoms with E-state index in [1.165, 1.54) is 38.2 Å². The SMILES string of the molecule is CC(C)(C)OC(=O)N1CCN(CCOc2cccc3c(=O)cc(C(=O)CCC4CCCCC4)oc23)CC1.